The third-order valence-electron chi connectivity index (χ3n) is 5.34. The molecule has 3 rings (SSSR count). The average molecular weight is 363 g/mol. The minimum absolute atomic E-state index is 0.0369. The molecular formula is C17H25N5O4. The second-order valence-electron chi connectivity index (χ2n) is 7.07. The van der Waals surface area contributed by atoms with Crippen LogP contribution in [0.4, 0.5) is 5.69 Å². The van der Waals surface area contributed by atoms with Crippen LogP contribution in [0, 0.1) is 24.0 Å². The number of piperidine rings is 1. The lowest BCUT2D eigenvalue weighted by molar-refractivity contribution is -0.386. The van der Waals surface area contributed by atoms with Gasteiger partial charge in [-0.3, -0.25) is 24.4 Å². The number of carbonyl (C=O) groups is 2. The van der Waals surface area contributed by atoms with E-state index in [1.165, 1.54) is 4.68 Å². The standard InChI is InChI=1S/C17H25N5O4/c1-12-16(22(25)26)13(2)21(18-12)11-15(23)20-10-4-3-7-14(20)17(24)19-8-5-6-9-19/h14H,3-11H2,1-2H3. The minimum Gasteiger partial charge on any atom is -0.341 e. The molecule has 9 nitrogen and oxygen atoms in total. The van der Waals surface area contributed by atoms with Crippen LogP contribution in [0.15, 0.2) is 0 Å². The summed E-state index contributed by atoms with van der Waals surface area (Å²) in [5, 5.41) is 15.3. The Bertz CT molecular complexity index is 723. The summed E-state index contributed by atoms with van der Waals surface area (Å²) in [5.74, 6) is -0.169. The third kappa shape index (κ3) is 3.42. The molecule has 0 aliphatic carbocycles. The Hall–Kier alpha value is -2.45. The summed E-state index contributed by atoms with van der Waals surface area (Å²) in [7, 11) is 0. The zero-order valence-corrected chi connectivity index (χ0v) is 15.3. The number of carbonyl (C=O) groups excluding carboxylic acids is 2. The van der Waals surface area contributed by atoms with Crippen molar-refractivity contribution in [3.05, 3.63) is 21.5 Å². The van der Waals surface area contributed by atoms with Gasteiger partial charge in [0.1, 0.15) is 24.0 Å². The van der Waals surface area contributed by atoms with Crippen molar-refractivity contribution < 1.29 is 14.5 Å². The Morgan fingerprint density at radius 2 is 1.81 bits per heavy atom. The number of nitro groups is 1. The van der Waals surface area contributed by atoms with Crippen LogP contribution in [0.25, 0.3) is 0 Å². The maximum absolute atomic E-state index is 12.9. The second-order valence-corrected chi connectivity index (χ2v) is 7.07. The van der Waals surface area contributed by atoms with Gasteiger partial charge in [-0.15, -0.1) is 0 Å². The number of rotatable bonds is 4. The van der Waals surface area contributed by atoms with Crippen molar-refractivity contribution in [3.8, 4) is 0 Å². The van der Waals surface area contributed by atoms with Gasteiger partial charge in [0.25, 0.3) is 0 Å². The second kappa shape index (κ2) is 7.43. The third-order valence-corrected chi connectivity index (χ3v) is 5.34. The first-order valence-corrected chi connectivity index (χ1v) is 9.17. The molecule has 1 aromatic heterocycles. The lowest BCUT2D eigenvalue weighted by Crippen LogP contribution is -2.53. The number of aryl methyl sites for hydroxylation is 1. The highest BCUT2D eigenvalue weighted by atomic mass is 16.6. The average Bonchev–Trinajstić information content (AvgIpc) is 3.23. The maximum atomic E-state index is 12.9. The van der Waals surface area contributed by atoms with Crippen LogP contribution < -0.4 is 0 Å². The van der Waals surface area contributed by atoms with E-state index in [9.17, 15) is 19.7 Å². The van der Waals surface area contributed by atoms with Gasteiger partial charge in [0, 0.05) is 19.6 Å². The van der Waals surface area contributed by atoms with Crippen molar-refractivity contribution in [1.29, 1.82) is 0 Å². The molecule has 1 unspecified atom stereocenters. The Morgan fingerprint density at radius 1 is 1.15 bits per heavy atom. The van der Waals surface area contributed by atoms with E-state index in [2.05, 4.69) is 5.10 Å². The summed E-state index contributed by atoms with van der Waals surface area (Å²) in [4.78, 5) is 39.8. The highest BCUT2D eigenvalue weighted by molar-refractivity contribution is 5.88. The van der Waals surface area contributed by atoms with E-state index in [-0.39, 0.29) is 24.0 Å². The molecule has 0 spiro atoms. The number of amides is 2. The molecule has 0 radical (unpaired) electrons. The quantitative estimate of drug-likeness (QED) is 0.594. The Morgan fingerprint density at radius 3 is 2.42 bits per heavy atom. The summed E-state index contributed by atoms with van der Waals surface area (Å²) < 4.78 is 1.38. The number of hydrogen-bond acceptors (Lipinski definition) is 5. The summed E-state index contributed by atoms with van der Waals surface area (Å²) in [6.07, 6.45) is 4.51. The van der Waals surface area contributed by atoms with Crippen LogP contribution in [0.2, 0.25) is 0 Å². The van der Waals surface area contributed by atoms with Crippen molar-refractivity contribution in [2.24, 2.45) is 0 Å². The first-order valence-electron chi connectivity index (χ1n) is 9.17. The van der Waals surface area contributed by atoms with Crippen molar-refractivity contribution in [2.75, 3.05) is 19.6 Å². The predicted octanol–water partition coefficient (Wildman–Crippen LogP) is 1.41. The van der Waals surface area contributed by atoms with Crippen LogP contribution in [0.3, 0.4) is 0 Å². The minimum atomic E-state index is -0.473. The monoisotopic (exact) mass is 363 g/mol. The van der Waals surface area contributed by atoms with E-state index < -0.39 is 11.0 Å². The van der Waals surface area contributed by atoms with E-state index in [0.29, 0.717) is 24.4 Å². The number of likely N-dealkylation sites (tertiary alicyclic amines) is 2. The maximum Gasteiger partial charge on any atom is 0.312 e. The molecule has 0 bridgehead atoms. The van der Waals surface area contributed by atoms with Crippen LogP contribution in [0.1, 0.15) is 43.5 Å². The zero-order chi connectivity index (χ0) is 18.8. The molecule has 1 atom stereocenters. The molecule has 142 valence electrons. The SMILES string of the molecule is Cc1nn(CC(=O)N2CCCCC2C(=O)N2CCCC2)c(C)c1[N+](=O)[O-]. The Labute approximate surface area is 152 Å². The molecule has 2 aliphatic rings. The van der Waals surface area contributed by atoms with E-state index in [4.69, 9.17) is 0 Å². The highest BCUT2D eigenvalue weighted by Gasteiger charge is 2.36. The predicted molar refractivity (Wildman–Crippen MR) is 93.5 cm³/mol. The largest absolute Gasteiger partial charge is 0.341 e. The molecule has 9 heteroatoms. The lowest BCUT2D eigenvalue weighted by atomic mass is 10.0. The number of hydrogen-bond donors (Lipinski definition) is 0. The van der Waals surface area contributed by atoms with E-state index in [1.54, 1.807) is 18.7 Å². The van der Waals surface area contributed by atoms with Gasteiger partial charge in [0.2, 0.25) is 11.8 Å². The molecule has 2 amide bonds. The van der Waals surface area contributed by atoms with Crippen molar-refractivity contribution in [1.82, 2.24) is 19.6 Å². The molecule has 1 aromatic rings. The molecule has 2 fully saturated rings. The van der Waals surface area contributed by atoms with Crippen LogP contribution in [-0.2, 0) is 16.1 Å². The molecule has 0 N–H and O–H groups in total. The number of aromatic nitrogens is 2. The smallest absolute Gasteiger partial charge is 0.312 e. The molecule has 2 saturated heterocycles. The van der Waals surface area contributed by atoms with Crippen LogP contribution in [-0.4, -0.2) is 62.0 Å². The molecule has 0 aromatic carbocycles. The Kier molecular flexibility index (Phi) is 5.24. The fourth-order valence-electron chi connectivity index (χ4n) is 3.96. The molecule has 3 heterocycles. The first-order chi connectivity index (χ1) is 12.4. The Balaban J connectivity index is 1.76. The topological polar surface area (TPSA) is 102 Å². The molecule has 2 aliphatic heterocycles. The fourth-order valence-corrected chi connectivity index (χ4v) is 3.96. The van der Waals surface area contributed by atoms with Crippen molar-refractivity contribution in [2.45, 2.75) is 58.5 Å². The zero-order valence-electron chi connectivity index (χ0n) is 15.3. The van der Waals surface area contributed by atoms with Gasteiger partial charge in [0.15, 0.2) is 0 Å². The van der Waals surface area contributed by atoms with Gasteiger partial charge < -0.3 is 9.80 Å². The van der Waals surface area contributed by atoms with E-state index >= 15 is 0 Å². The fraction of sp³-hybridized carbons (Fsp3) is 0.706. The number of nitrogens with zero attached hydrogens (tertiary/aromatic N) is 5. The van der Waals surface area contributed by atoms with Gasteiger partial charge in [-0.1, -0.05) is 0 Å². The van der Waals surface area contributed by atoms with Crippen molar-refractivity contribution in [3.63, 3.8) is 0 Å². The summed E-state index contributed by atoms with van der Waals surface area (Å²) in [6.45, 7) is 5.15. The van der Waals surface area contributed by atoms with Gasteiger partial charge in [-0.25, -0.2) is 0 Å². The summed E-state index contributed by atoms with van der Waals surface area (Å²) in [5.41, 5.74) is 0.602. The van der Waals surface area contributed by atoms with Crippen molar-refractivity contribution >= 4 is 17.5 Å². The normalized spacial score (nSPS) is 20.5. The van der Waals surface area contributed by atoms with E-state index in [1.807, 2.05) is 4.90 Å². The van der Waals surface area contributed by atoms with Gasteiger partial charge >= 0.3 is 5.69 Å². The highest BCUT2D eigenvalue weighted by Crippen LogP contribution is 2.24. The molecule has 0 saturated carbocycles. The van der Waals surface area contributed by atoms with Crippen LogP contribution in [0.5, 0.6) is 0 Å². The summed E-state index contributed by atoms with van der Waals surface area (Å²) >= 11 is 0. The van der Waals surface area contributed by atoms with Crippen LogP contribution >= 0.6 is 0 Å². The van der Waals surface area contributed by atoms with E-state index in [0.717, 1.165) is 38.8 Å². The summed E-state index contributed by atoms with van der Waals surface area (Å²) in [6, 6.07) is -0.415. The first kappa shape index (κ1) is 18.3. The molecule has 26 heavy (non-hydrogen) atoms. The lowest BCUT2D eigenvalue weighted by Gasteiger charge is -2.36. The molecular weight excluding hydrogens is 338 g/mol. The van der Waals surface area contributed by atoms with Gasteiger partial charge in [0.05, 0.1) is 4.92 Å². The van der Waals surface area contributed by atoms with Gasteiger partial charge in [-0.05, 0) is 46.0 Å². The van der Waals surface area contributed by atoms with Gasteiger partial charge in [-0.2, -0.15) is 5.10 Å².